The van der Waals surface area contributed by atoms with Gasteiger partial charge in [0.2, 0.25) is 0 Å². The Balaban J connectivity index is 1.76. The summed E-state index contributed by atoms with van der Waals surface area (Å²) in [6.45, 7) is 7.04. The minimum Gasteiger partial charge on any atom is -0.380 e. The zero-order chi connectivity index (χ0) is 12.1. The summed E-state index contributed by atoms with van der Waals surface area (Å²) in [6.07, 6.45) is 7.11. The lowest BCUT2D eigenvalue weighted by atomic mass is 10.1. The number of hydrogen-bond acceptors (Lipinski definition) is 3. The van der Waals surface area contributed by atoms with Gasteiger partial charge in [-0.2, -0.15) is 0 Å². The van der Waals surface area contributed by atoms with Crippen LogP contribution in [0.15, 0.2) is 0 Å². The van der Waals surface area contributed by atoms with E-state index in [1.165, 1.54) is 51.7 Å². The lowest BCUT2D eigenvalue weighted by molar-refractivity contribution is 0.0272. The first-order valence-corrected chi connectivity index (χ1v) is 7.32. The Kier molecular flexibility index (Phi) is 5.26. The molecule has 3 nitrogen and oxygen atoms in total. The SMILES string of the molecule is CCCNC(CN1CCCC(OC)C1)C1CC1. The van der Waals surface area contributed by atoms with Crippen molar-refractivity contribution in [1.29, 1.82) is 0 Å². The van der Waals surface area contributed by atoms with Crippen LogP contribution in [-0.2, 0) is 4.74 Å². The molecule has 0 amide bonds. The second kappa shape index (κ2) is 6.72. The predicted octanol–water partition coefficient (Wildman–Crippen LogP) is 1.88. The molecule has 1 saturated heterocycles. The first-order chi connectivity index (χ1) is 8.33. The molecule has 0 aromatic carbocycles. The third-order valence-corrected chi connectivity index (χ3v) is 4.10. The molecule has 2 aliphatic rings. The third-order valence-electron chi connectivity index (χ3n) is 4.10. The summed E-state index contributed by atoms with van der Waals surface area (Å²) in [4.78, 5) is 2.60. The Morgan fingerprint density at radius 3 is 2.82 bits per heavy atom. The van der Waals surface area contributed by atoms with Gasteiger partial charge in [-0.1, -0.05) is 6.92 Å². The van der Waals surface area contributed by atoms with Crippen LogP contribution in [-0.4, -0.2) is 50.3 Å². The molecule has 1 aliphatic carbocycles. The van der Waals surface area contributed by atoms with Crippen molar-refractivity contribution in [3.8, 4) is 0 Å². The molecule has 1 heterocycles. The van der Waals surface area contributed by atoms with E-state index in [1.807, 2.05) is 7.11 Å². The summed E-state index contributed by atoms with van der Waals surface area (Å²) < 4.78 is 5.50. The van der Waals surface area contributed by atoms with E-state index in [2.05, 4.69) is 17.1 Å². The molecule has 0 spiro atoms. The van der Waals surface area contributed by atoms with Gasteiger partial charge >= 0.3 is 0 Å². The van der Waals surface area contributed by atoms with Crippen molar-refractivity contribution >= 4 is 0 Å². The number of nitrogens with zero attached hydrogens (tertiary/aromatic N) is 1. The maximum atomic E-state index is 5.50. The van der Waals surface area contributed by atoms with Crippen LogP contribution in [0.1, 0.15) is 39.0 Å². The molecule has 100 valence electrons. The molecule has 2 fully saturated rings. The van der Waals surface area contributed by atoms with Crippen molar-refractivity contribution in [2.75, 3.05) is 33.3 Å². The van der Waals surface area contributed by atoms with Gasteiger partial charge in [-0.05, 0) is 51.1 Å². The molecule has 1 aliphatic heterocycles. The van der Waals surface area contributed by atoms with Gasteiger partial charge in [0.05, 0.1) is 6.10 Å². The highest BCUT2D eigenvalue weighted by atomic mass is 16.5. The number of rotatable bonds is 7. The minimum absolute atomic E-state index is 0.467. The molecule has 2 rings (SSSR count). The summed E-state index contributed by atoms with van der Waals surface area (Å²) in [6, 6.07) is 0.727. The van der Waals surface area contributed by atoms with Crippen molar-refractivity contribution in [2.45, 2.75) is 51.2 Å². The predicted molar refractivity (Wildman–Crippen MR) is 71.3 cm³/mol. The standard InChI is InChI=1S/C14H28N2O/c1-3-8-15-14(12-6-7-12)11-16-9-4-5-13(10-16)17-2/h12-15H,3-11H2,1-2H3. The molecule has 2 unspecified atom stereocenters. The number of likely N-dealkylation sites (tertiary alicyclic amines) is 1. The van der Waals surface area contributed by atoms with Crippen LogP contribution in [0.3, 0.4) is 0 Å². The van der Waals surface area contributed by atoms with Crippen LogP contribution in [0.5, 0.6) is 0 Å². The average molecular weight is 240 g/mol. The summed E-state index contributed by atoms with van der Waals surface area (Å²) in [7, 11) is 1.85. The fourth-order valence-corrected chi connectivity index (χ4v) is 2.86. The van der Waals surface area contributed by atoms with E-state index >= 15 is 0 Å². The summed E-state index contributed by atoms with van der Waals surface area (Å²) in [5.41, 5.74) is 0. The van der Waals surface area contributed by atoms with E-state index in [1.54, 1.807) is 0 Å². The Morgan fingerprint density at radius 2 is 2.18 bits per heavy atom. The van der Waals surface area contributed by atoms with Crippen LogP contribution in [0.4, 0.5) is 0 Å². The largest absolute Gasteiger partial charge is 0.380 e. The second-order valence-electron chi connectivity index (χ2n) is 5.66. The summed E-state index contributed by atoms with van der Waals surface area (Å²) in [5.74, 6) is 0.949. The summed E-state index contributed by atoms with van der Waals surface area (Å²) >= 11 is 0. The molecule has 17 heavy (non-hydrogen) atoms. The molecular weight excluding hydrogens is 212 g/mol. The van der Waals surface area contributed by atoms with Crippen LogP contribution < -0.4 is 5.32 Å². The highest BCUT2D eigenvalue weighted by Gasteiger charge is 2.32. The first kappa shape index (κ1) is 13.3. The van der Waals surface area contributed by atoms with Crippen molar-refractivity contribution in [2.24, 2.45) is 5.92 Å². The number of hydrogen-bond donors (Lipinski definition) is 1. The van der Waals surface area contributed by atoms with Crippen LogP contribution in [0, 0.1) is 5.92 Å². The van der Waals surface area contributed by atoms with Crippen LogP contribution >= 0.6 is 0 Å². The molecular formula is C14H28N2O. The van der Waals surface area contributed by atoms with E-state index in [0.717, 1.165) is 18.5 Å². The second-order valence-corrected chi connectivity index (χ2v) is 5.66. The lowest BCUT2D eigenvalue weighted by Gasteiger charge is -2.34. The van der Waals surface area contributed by atoms with E-state index < -0.39 is 0 Å². The average Bonchev–Trinajstić information content (AvgIpc) is 3.19. The van der Waals surface area contributed by atoms with E-state index in [9.17, 15) is 0 Å². The highest BCUT2D eigenvalue weighted by molar-refractivity contribution is 4.89. The topological polar surface area (TPSA) is 24.5 Å². The monoisotopic (exact) mass is 240 g/mol. The van der Waals surface area contributed by atoms with Crippen molar-refractivity contribution in [1.82, 2.24) is 10.2 Å². The van der Waals surface area contributed by atoms with Gasteiger partial charge in [-0.25, -0.2) is 0 Å². The smallest absolute Gasteiger partial charge is 0.0698 e. The maximum Gasteiger partial charge on any atom is 0.0698 e. The molecule has 1 saturated carbocycles. The van der Waals surface area contributed by atoms with Gasteiger partial charge in [0.15, 0.2) is 0 Å². The Hall–Kier alpha value is -0.120. The fourth-order valence-electron chi connectivity index (χ4n) is 2.86. The summed E-state index contributed by atoms with van der Waals surface area (Å²) in [5, 5.41) is 3.73. The maximum absolute atomic E-state index is 5.50. The number of methoxy groups -OCH3 is 1. The minimum atomic E-state index is 0.467. The molecule has 0 aromatic rings. The third kappa shape index (κ3) is 4.23. The van der Waals surface area contributed by atoms with Gasteiger partial charge in [0, 0.05) is 26.2 Å². The number of piperidine rings is 1. The quantitative estimate of drug-likeness (QED) is 0.735. The van der Waals surface area contributed by atoms with Crippen LogP contribution in [0.25, 0.3) is 0 Å². The van der Waals surface area contributed by atoms with Crippen molar-refractivity contribution in [3.63, 3.8) is 0 Å². The molecule has 2 atom stereocenters. The van der Waals surface area contributed by atoms with Gasteiger partial charge in [-0.15, -0.1) is 0 Å². The Bertz CT molecular complexity index is 218. The Labute approximate surface area is 106 Å². The molecule has 0 bridgehead atoms. The number of nitrogens with one attached hydrogen (secondary N) is 1. The highest BCUT2D eigenvalue weighted by Crippen LogP contribution is 2.33. The molecule has 0 radical (unpaired) electrons. The normalized spacial score (nSPS) is 28.2. The molecule has 3 heteroatoms. The van der Waals surface area contributed by atoms with Crippen LogP contribution in [0.2, 0.25) is 0 Å². The van der Waals surface area contributed by atoms with E-state index in [0.29, 0.717) is 6.10 Å². The van der Waals surface area contributed by atoms with Gasteiger partial charge in [0.1, 0.15) is 0 Å². The van der Waals surface area contributed by atoms with Gasteiger partial charge in [-0.3, -0.25) is 4.90 Å². The van der Waals surface area contributed by atoms with Crippen molar-refractivity contribution in [3.05, 3.63) is 0 Å². The van der Waals surface area contributed by atoms with E-state index in [-0.39, 0.29) is 0 Å². The first-order valence-electron chi connectivity index (χ1n) is 7.32. The lowest BCUT2D eigenvalue weighted by Crippen LogP contribution is -2.47. The zero-order valence-corrected chi connectivity index (χ0v) is 11.5. The van der Waals surface area contributed by atoms with Gasteiger partial charge < -0.3 is 10.1 Å². The molecule has 0 aromatic heterocycles. The van der Waals surface area contributed by atoms with Gasteiger partial charge in [0.25, 0.3) is 0 Å². The van der Waals surface area contributed by atoms with Crippen molar-refractivity contribution < 1.29 is 4.74 Å². The molecule has 1 N–H and O–H groups in total. The zero-order valence-electron chi connectivity index (χ0n) is 11.5. The Morgan fingerprint density at radius 1 is 1.35 bits per heavy atom. The fraction of sp³-hybridized carbons (Fsp3) is 1.00. The van der Waals surface area contributed by atoms with E-state index in [4.69, 9.17) is 4.74 Å². The number of ether oxygens (including phenoxy) is 1.